The van der Waals surface area contributed by atoms with E-state index in [1.165, 1.54) is 11.3 Å². The number of ether oxygens (including phenoxy) is 2. The van der Waals surface area contributed by atoms with Crippen LogP contribution in [-0.4, -0.2) is 24.8 Å². The summed E-state index contributed by atoms with van der Waals surface area (Å²) in [6.45, 7) is 8.95. The van der Waals surface area contributed by atoms with Crippen molar-refractivity contribution in [3.05, 3.63) is 53.6 Å². The van der Waals surface area contributed by atoms with Crippen molar-refractivity contribution < 1.29 is 14.3 Å². The Bertz CT molecular complexity index is 811. The Morgan fingerprint density at radius 3 is 2.78 bits per heavy atom. The summed E-state index contributed by atoms with van der Waals surface area (Å²) in [6, 6.07) is 14.1. The molecule has 1 heterocycles. The Balaban J connectivity index is 1.64. The van der Waals surface area contributed by atoms with Gasteiger partial charge in [0, 0.05) is 18.2 Å². The highest BCUT2D eigenvalue weighted by Crippen LogP contribution is 2.29. The Morgan fingerprint density at radius 1 is 1.22 bits per heavy atom. The molecule has 5 heteroatoms. The lowest BCUT2D eigenvalue weighted by Gasteiger charge is -2.26. The minimum absolute atomic E-state index is 0.371. The van der Waals surface area contributed by atoms with E-state index in [4.69, 9.17) is 9.47 Å². The molecule has 2 N–H and O–H groups in total. The van der Waals surface area contributed by atoms with Gasteiger partial charge < -0.3 is 14.8 Å². The highest BCUT2D eigenvalue weighted by atomic mass is 16.6. The van der Waals surface area contributed by atoms with Gasteiger partial charge in [-0.2, -0.15) is 0 Å². The summed E-state index contributed by atoms with van der Waals surface area (Å²) in [4.78, 5) is 12.1. The number of carbonyl (C=O) groups is 1. The zero-order valence-electron chi connectivity index (χ0n) is 16.5. The topological polar surface area (TPSA) is 59.6 Å². The smallest absolute Gasteiger partial charge is 0.412 e. The van der Waals surface area contributed by atoms with Crippen LogP contribution in [0.4, 0.5) is 16.2 Å². The van der Waals surface area contributed by atoms with Gasteiger partial charge in [0.15, 0.2) is 0 Å². The first-order valence-corrected chi connectivity index (χ1v) is 9.35. The number of rotatable bonds is 4. The third-order valence-electron chi connectivity index (χ3n) is 4.35. The molecule has 0 fully saturated rings. The minimum atomic E-state index is -0.546. The van der Waals surface area contributed by atoms with Crippen molar-refractivity contribution in [3.63, 3.8) is 0 Å². The molecule has 144 valence electrons. The van der Waals surface area contributed by atoms with Crippen molar-refractivity contribution in [2.45, 2.75) is 39.7 Å². The number of para-hydroxylation sites is 1. The number of anilines is 2. The standard InChI is InChI=1S/C22H28N2O3/c1-15-9-10-20(19(11-15)24-21(25)27-22(2,3)4)26-14-16-12-17-7-5-6-8-18(17)23-13-16/h5-11,16,23H,12-14H2,1-4H3,(H,24,25). The Hall–Kier alpha value is -2.69. The number of aryl methyl sites for hydroxylation is 1. The van der Waals surface area contributed by atoms with Crippen LogP contribution in [0, 0.1) is 12.8 Å². The fourth-order valence-corrected chi connectivity index (χ4v) is 3.11. The Kier molecular flexibility index (Phi) is 5.59. The fraction of sp³-hybridized carbons (Fsp3) is 0.409. The second kappa shape index (κ2) is 7.91. The van der Waals surface area contributed by atoms with E-state index in [1.54, 1.807) is 0 Å². The number of benzene rings is 2. The third-order valence-corrected chi connectivity index (χ3v) is 4.35. The van der Waals surface area contributed by atoms with Gasteiger partial charge in [-0.1, -0.05) is 24.3 Å². The molecule has 2 aromatic carbocycles. The predicted molar refractivity (Wildman–Crippen MR) is 109 cm³/mol. The number of carbonyl (C=O) groups excluding carboxylic acids is 1. The largest absolute Gasteiger partial charge is 0.491 e. The number of hydrogen-bond acceptors (Lipinski definition) is 4. The predicted octanol–water partition coefficient (Wildman–Crippen LogP) is 5.01. The molecule has 5 nitrogen and oxygen atoms in total. The highest BCUT2D eigenvalue weighted by molar-refractivity contribution is 5.87. The summed E-state index contributed by atoms with van der Waals surface area (Å²) in [5.41, 5.74) is 3.65. The molecule has 0 bridgehead atoms. The van der Waals surface area contributed by atoms with E-state index in [0.717, 1.165) is 18.5 Å². The van der Waals surface area contributed by atoms with E-state index >= 15 is 0 Å². The number of fused-ring (bicyclic) bond motifs is 1. The molecule has 0 aromatic heterocycles. The molecule has 1 unspecified atom stereocenters. The molecule has 0 saturated carbocycles. The molecular formula is C22H28N2O3. The van der Waals surface area contributed by atoms with E-state index in [-0.39, 0.29) is 0 Å². The quantitative estimate of drug-likeness (QED) is 0.797. The average Bonchev–Trinajstić information content (AvgIpc) is 2.59. The molecule has 0 saturated heterocycles. The lowest BCUT2D eigenvalue weighted by molar-refractivity contribution is 0.0635. The van der Waals surface area contributed by atoms with Crippen LogP contribution >= 0.6 is 0 Å². The van der Waals surface area contributed by atoms with Crippen LogP contribution in [0.25, 0.3) is 0 Å². The number of nitrogens with one attached hydrogen (secondary N) is 2. The van der Waals surface area contributed by atoms with Crippen LogP contribution in [0.2, 0.25) is 0 Å². The first kappa shape index (κ1) is 19.1. The first-order valence-electron chi connectivity index (χ1n) is 9.35. The molecule has 0 aliphatic carbocycles. The van der Waals surface area contributed by atoms with Gasteiger partial charge in [0.25, 0.3) is 0 Å². The summed E-state index contributed by atoms with van der Waals surface area (Å²) in [6.07, 6.45) is 0.496. The number of hydrogen-bond donors (Lipinski definition) is 2. The minimum Gasteiger partial charge on any atom is -0.491 e. The maximum Gasteiger partial charge on any atom is 0.412 e. The van der Waals surface area contributed by atoms with E-state index in [1.807, 2.05) is 52.0 Å². The maximum absolute atomic E-state index is 12.1. The van der Waals surface area contributed by atoms with Gasteiger partial charge in [-0.15, -0.1) is 0 Å². The molecule has 1 aliphatic rings. The van der Waals surface area contributed by atoms with Crippen LogP contribution in [0.3, 0.4) is 0 Å². The lowest BCUT2D eigenvalue weighted by Crippen LogP contribution is -2.29. The number of amides is 1. The normalized spacial score (nSPS) is 16.1. The molecule has 27 heavy (non-hydrogen) atoms. The molecule has 1 aliphatic heterocycles. The van der Waals surface area contributed by atoms with Gasteiger partial charge >= 0.3 is 6.09 Å². The second-order valence-corrected chi connectivity index (χ2v) is 8.05. The SMILES string of the molecule is Cc1ccc(OCC2CNc3ccccc3C2)c(NC(=O)OC(C)(C)C)c1. The van der Waals surface area contributed by atoms with Crippen LogP contribution in [0.1, 0.15) is 31.9 Å². The molecule has 1 atom stereocenters. The Labute approximate surface area is 161 Å². The van der Waals surface area contributed by atoms with Crippen molar-refractivity contribution in [2.24, 2.45) is 5.92 Å². The van der Waals surface area contributed by atoms with Gasteiger partial charge in [-0.05, 0) is 63.4 Å². The van der Waals surface area contributed by atoms with Crippen molar-refractivity contribution in [1.82, 2.24) is 0 Å². The average molecular weight is 368 g/mol. The summed E-state index contributed by atoms with van der Waals surface area (Å²) in [5, 5.41) is 6.27. The summed E-state index contributed by atoms with van der Waals surface area (Å²) in [7, 11) is 0. The highest BCUT2D eigenvalue weighted by Gasteiger charge is 2.20. The van der Waals surface area contributed by atoms with E-state index in [2.05, 4.69) is 28.8 Å². The van der Waals surface area contributed by atoms with Crippen molar-refractivity contribution in [2.75, 3.05) is 23.8 Å². The van der Waals surface area contributed by atoms with Gasteiger partial charge in [0.05, 0.1) is 12.3 Å². The molecule has 0 spiro atoms. The monoisotopic (exact) mass is 368 g/mol. The van der Waals surface area contributed by atoms with Gasteiger partial charge in [0.1, 0.15) is 11.4 Å². The van der Waals surface area contributed by atoms with Crippen molar-refractivity contribution in [1.29, 1.82) is 0 Å². The van der Waals surface area contributed by atoms with Gasteiger partial charge in [-0.25, -0.2) is 4.79 Å². The fourth-order valence-electron chi connectivity index (χ4n) is 3.11. The summed E-state index contributed by atoms with van der Waals surface area (Å²) >= 11 is 0. The van der Waals surface area contributed by atoms with Gasteiger partial charge in [0.2, 0.25) is 0 Å². The van der Waals surface area contributed by atoms with E-state index in [0.29, 0.717) is 24.0 Å². The zero-order valence-corrected chi connectivity index (χ0v) is 16.5. The maximum atomic E-state index is 12.1. The van der Waals surface area contributed by atoms with Crippen LogP contribution in [0.5, 0.6) is 5.75 Å². The summed E-state index contributed by atoms with van der Waals surface area (Å²) < 4.78 is 11.4. The van der Waals surface area contributed by atoms with Gasteiger partial charge in [-0.3, -0.25) is 5.32 Å². The third kappa shape index (κ3) is 5.39. The van der Waals surface area contributed by atoms with E-state index in [9.17, 15) is 4.79 Å². The Morgan fingerprint density at radius 2 is 2.00 bits per heavy atom. The molecule has 2 aromatic rings. The molecule has 3 rings (SSSR count). The van der Waals surface area contributed by atoms with Crippen molar-refractivity contribution in [3.8, 4) is 5.75 Å². The second-order valence-electron chi connectivity index (χ2n) is 8.05. The van der Waals surface area contributed by atoms with E-state index < -0.39 is 11.7 Å². The van der Waals surface area contributed by atoms with Crippen LogP contribution < -0.4 is 15.4 Å². The molecular weight excluding hydrogens is 340 g/mol. The summed E-state index contributed by atoms with van der Waals surface area (Å²) in [5.74, 6) is 1.03. The molecule has 1 amide bonds. The van der Waals surface area contributed by atoms with Crippen LogP contribution in [-0.2, 0) is 11.2 Å². The molecule has 0 radical (unpaired) electrons. The first-order chi connectivity index (χ1) is 12.8. The van der Waals surface area contributed by atoms with Crippen molar-refractivity contribution >= 4 is 17.5 Å². The lowest BCUT2D eigenvalue weighted by atomic mass is 9.95. The van der Waals surface area contributed by atoms with Crippen LogP contribution in [0.15, 0.2) is 42.5 Å². The zero-order chi connectivity index (χ0) is 19.4.